The molecular weight excluding hydrogens is 409 g/mol. The first kappa shape index (κ1) is 20.8. The van der Waals surface area contributed by atoms with Gasteiger partial charge in [-0.05, 0) is 44.2 Å². The van der Waals surface area contributed by atoms with E-state index in [1.165, 1.54) is 18.5 Å². The maximum atomic E-state index is 12.7. The molecule has 0 spiro atoms. The van der Waals surface area contributed by atoms with Crippen molar-refractivity contribution in [3.8, 4) is 5.82 Å². The summed E-state index contributed by atoms with van der Waals surface area (Å²) in [6.07, 6.45) is -2.93. The second-order valence-electron chi connectivity index (χ2n) is 7.43. The van der Waals surface area contributed by atoms with E-state index < -0.39 is 11.7 Å². The number of hydrogen-bond acceptors (Lipinski definition) is 5. The number of aromatic nitrogens is 4. The lowest BCUT2D eigenvalue weighted by Crippen LogP contribution is -2.49. The third-order valence-corrected chi connectivity index (χ3v) is 5.21. The number of hydrogen-bond donors (Lipinski definition) is 0. The van der Waals surface area contributed by atoms with Gasteiger partial charge in [0.25, 0.3) is 5.91 Å². The summed E-state index contributed by atoms with van der Waals surface area (Å²) in [5.74, 6) is 1.12. The summed E-state index contributed by atoms with van der Waals surface area (Å²) < 4.78 is 39.9. The predicted molar refractivity (Wildman–Crippen MR) is 108 cm³/mol. The Labute approximate surface area is 177 Å². The van der Waals surface area contributed by atoms with Crippen molar-refractivity contribution in [3.05, 3.63) is 65.2 Å². The molecule has 0 radical (unpaired) electrons. The van der Waals surface area contributed by atoms with Crippen LogP contribution in [0.2, 0.25) is 0 Å². The molecule has 1 amide bonds. The van der Waals surface area contributed by atoms with Crippen LogP contribution in [-0.2, 0) is 6.18 Å². The van der Waals surface area contributed by atoms with Crippen molar-refractivity contribution < 1.29 is 18.0 Å². The van der Waals surface area contributed by atoms with Crippen LogP contribution in [0.1, 0.15) is 27.3 Å². The maximum Gasteiger partial charge on any atom is 0.416 e. The lowest BCUT2D eigenvalue weighted by molar-refractivity contribution is -0.137. The van der Waals surface area contributed by atoms with Crippen LogP contribution in [0, 0.1) is 13.8 Å². The van der Waals surface area contributed by atoms with Gasteiger partial charge in [0, 0.05) is 43.5 Å². The number of carbonyl (C=O) groups excluding carboxylic acids is 1. The van der Waals surface area contributed by atoms with Gasteiger partial charge in [-0.15, -0.1) is 0 Å². The highest BCUT2D eigenvalue weighted by molar-refractivity contribution is 5.94. The fourth-order valence-corrected chi connectivity index (χ4v) is 3.61. The number of alkyl halides is 3. The van der Waals surface area contributed by atoms with Crippen LogP contribution in [0.3, 0.4) is 0 Å². The first-order valence-electron chi connectivity index (χ1n) is 9.79. The third-order valence-electron chi connectivity index (χ3n) is 5.21. The first-order valence-corrected chi connectivity index (χ1v) is 9.79. The number of piperazine rings is 1. The topological polar surface area (TPSA) is 67.2 Å². The number of amides is 1. The standard InChI is InChI=1S/C21H21F3N6O/c1-14-11-15(2)30(27-14)19-12-18(25-13-26-19)28-7-9-29(10-8-28)20(31)16-3-5-17(6-4-16)21(22,23)24/h3-6,11-13H,7-10H2,1-2H3. The summed E-state index contributed by atoms with van der Waals surface area (Å²) in [5.41, 5.74) is 1.34. The van der Waals surface area contributed by atoms with E-state index in [9.17, 15) is 18.0 Å². The molecule has 0 bridgehead atoms. The fourth-order valence-electron chi connectivity index (χ4n) is 3.61. The number of aryl methyl sites for hydroxylation is 2. The van der Waals surface area contributed by atoms with Crippen molar-refractivity contribution in [3.63, 3.8) is 0 Å². The molecule has 0 unspecified atom stereocenters. The van der Waals surface area contributed by atoms with Gasteiger partial charge in [0.1, 0.15) is 12.1 Å². The molecule has 1 aliphatic heterocycles. The number of halogens is 3. The van der Waals surface area contributed by atoms with Crippen molar-refractivity contribution >= 4 is 11.7 Å². The second kappa shape index (κ2) is 8.01. The van der Waals surface area contributed by atoms with E-state index >= 15 is 0 Å². The summed E-state index contributed by atoms with van der Waals surface area (Å²) in [5, 5.41) is 4.44. The van der Waals surface area contributed by atoms with Crippen LogP contribution in [0.5, 0.6) is 0 Å². The Bertz CT molecular complexity index is 1090. The monoisotopic (exact) mass is 430 g/mol. The van der Waals surface area contributed by atoms with Crippen LogP contribution in [0.4, 0.5) is 19.0 Å². The van der Waals surface area contributed by atoms with Crippen LogP contribution >= 0.6 is 0 Å². The Morgan fingerprint density at radius 1 is 0.935 bits per heavy atom. The zero-order valence-corrected chi connectivity index (χ0v) is 17.1. The lowest BCUT2D eigenvalue weighted by atomic mass is 10.1. The average Bonchev–Trinajstić information content (AvgIpc) is 3.11. The summed E-state index contributed by atoms with van der Waals surface area (Å²) in [6.45, 7) is 5.87. The fraction of sp³-hybridized carbons (Fsp3) is 0.333. The minimum absolute atomic E-state index is 0.246. The Morgan fingerprint density at radius 2 is 1.58 bits per heavy atom. The normalized spacial score (nSPS) is 14.7. The highest BCUT2D eigenvalue weighted by atomic mass is 19.4. The molecular formula is C21H21F3N6O. The Hall–Kier alpha value is -3.43. The molecule has 1 saturated heterocycles. The molecule has 3 aromatic rings. The van der Waals surface area contributed by atoms with Gasteiger partial charge in [-0.2, -0.15) is 18.3 Å². The second-order valence-corrected chi connectivity index (χ2v) is 7.43. The predicted octanol–water partition coefficient (Wildman–Crippen LogP) is 3.26. The van der Waals surface area contributed by atoms with Gasteiger partial charge in [-0.1, -0.05) is 0 Å². The van der Waals surface area contributed by atoms with Gasteiger partial charge in [-0.25, -0.2) is 14.6 Å². The molecule has 0 N–H and O–H groups in total. The van der Waals surface area contributed by atoms with Crippen molar-refractivity contribution in [1.82, 2.24) is 24.6 Å². The highest BCUT2D eigenvalue weighted by Crippen LogP contribution is 2.29. The Kier molecular flexibility index (Phi) is 5.38. The van der Waals surface area contributed by atoms with E-state index in [1.807, 2.05) is 30.9 Å². The minimum atomic E-state index is -4.42. The molecule has 162 valence electrons. The number of carbonyl (C=O) groups is 1. The molecule has 2 aromatic heterocycles. The van der Waals surface area contributed by atoms with E-state index in [2.05, 4.69) is 15.1 Å². The number of rotatable bonds is 3. The third kappa shape index (κ3) is 4.37. The van der Waals surface area contributed by atoms with Crippen LogP contribution in [-0.4, -0.2) is 56.7 Å². The van der Waals surface area contributed by atoms with Crippen LogP contribution in [0.25, 0.3) is 5.82 Å². The number of nitrogens with zero attached hydrogens (tertiary/aromatic N) is 6. The van der Waals surface area contributed by atoms with Gasteiger partial charge < -0.3 is 9.80 Å². The molecule has 1 fully saturated rings. The van der Waals surface area contributed by atoms with Crippen LogP contribution in [0.15, 0.2) is 42.7 Å². The summed E-state index contributed by atoms with van der Waals surface area (Å²) in [4.78, 5) is 25.0. The molecule has 0 saturated carbocycles. The van der Waals surface area contributed by atoms with E-state index in [-0.39, 0.29) is 11.5 Å². The minimum Gasteiger partial charge on any atom is -0.353 e. The smallest absolute Gasteiger partial charge is 0.353 e. The molecule has 1 aromatic carbocycles. The zero-order valence-electron chi connectivity index (χ0n) is 17.1. The van der Waals surface area contributed by atoms with Gasteiger partial charge in [0.15, 0.2) is 5.82 Å². The molecule has 0 atom stereocenters. The van der Waals surface area contributed by atoms with E-state index in [1.54, 1.807) is 9.58 Å². The SMILES string of the molecule is Cc1cc(C)n(-c2cc(N3CCN(C(=O)c4ccc(C(F)(F)F)cc4)CC3)ncn2)n1. The van der Waals surface area contributed by atoms with Gasteiger partial charge in [-0.3, -0.25) is 4.79 Å². The molecule has 10 heteroatoms. The number of anilines is 1. The Morgan fingerprint density at radius 3 is 2.16 bits per heavy atom. The molecule has 0 aliphatic carbocycles. The first-order chi connectivity index (χ1) is 14.7. The molecule has 3 heterocycles. The lowest BCUT2D eigenvalue weighted by Gasteiger charge is -2.35. The number of benzene rings is 1. The quantitative estimate of drug-likeness (QED) is 0.638. The van der Waals surface area contributed by atoms with E-state index in [0.29, 0.717) is 32.0 Å². The van der Waals surface area contributed by atoms with Crippen molar-refractivity contribution in [1.29, 1.82) is 0 Å². The maximum absolute atomic E-state index is 12.7. The van der Waals surface area contributed by atoms with E-state index in [4.69, 9.17) is 0 Å². The van der Waals surface area contributed by atoms with Crippen molar-refractivity contribution in [2.45, 2.75) is 20.0 Å². The average molecular weight is 430 g/mol. The van der Waals surface area contributed by atoms with Crippen LogP contribution < -0.4 is 4.90 Å². The molecule has 7 nitrogen and oxygen atoms in total. The van der Waals surface area contributed by atoms with E-state index in [0.717, 1.165) is 29.3 Å². The van der Waals surface area contributed by atoms with Gasteiger partial charge in [0.05, 0.1) is 11.3 Å². The molecule has 4 rings (SSSR count). The zero-order chi connectivity index (χ0) is 22.2. The molecule has 1 aliphatic rings. The van der Waals surface area contributed by atoms with Gasteiger partial charge in [0.2, 0.25) is 0 Å². The largest absolute Gasteiger partial charge is 0.416 e. The summed E-state index contributed by atoms with van der Waals surface area (Å²) >= 11 is 0. The summed E-state index contributed by atoms with van der Waals surface area (Å²) in [6, 6.07) is 8.14. The van der Waals surface area contributed by atoms with Crippen molar-refractivity contribution in [2.24, 2.45) is 0 Å². The van der Waals surface area contributed by atoms with Gasteiger partial charge >= 0.3 is 6.18 Å². The van der Waals surface area contributed by atoms with Crippen molar-refractivity contribution in [2.75, 3.05) is 31.1 Å². The summed E-state index contributed by atoms with van der Waals surface area (Å²) in [7, 11) is 0. The Balaban J connectivity index is 1.42. The molecule has 31 heavy (non-hydrogen) atoms. The highest BCUT2D eigenvalue weighted by Gasteiger charge is 2.31.